The van der Waals surface area contributed by atoms with E-state index in [1.807, 2.05) is 60.7 Å². The van der Waals surface area contributed by atoms with Crippen molar-refractivity contribution in [2.45, 2.75) is 13.2 Å². The zero-order chi connectivity index (χ0) is 27.1. The summed E-state index contributed by atoms with van der Waals surface area (Å²) in [5.41, 5.74) is 2.48. The molecule has 10 heteroatoms. The zero-order valence-electron chi connectivity index (χ0n) is 21.1. The fourth-order valence-corrected chi connectivity index (χ4v) is 4.15. The second kappa shape index (κ2) is 12.5. The highest BCUT2D eigenvalue weighted by Gasteiger charge is 2.31. The Labute approximate surface area is 221 Å². The first kappa shape index (κ1) is 27.1. The molecule has 0 saturated heterocycles. The number of ether oxygens (including phenoxy) is 4. The van der Waals surface area contributed by atoms with Gasteiger partial charge >= 0.3 is 14.2 Å². The van der Waals surface area contributed by atoms with Crippen molar-refractivity contribution in [3.63, 3.8) is 0 Å². The Kier molecular flexibility index (Phi) is 8.93. The highest BCUT2D eigenvalue weighted by atomic mass is 16.5. The molecular formula is C28H28B2O8. The average molecular weight is 514 g/mol. The standard InChI is InChI=1S/C28H28B2O8/c1-35-23-15-13-21(29(31)32)27(37-17-19-9-5-3-6-10-19)25(23)26-24(36-2)16-14-22(30(33)34)28(26)38-18-20-11-7-4-8-12-20/h3-16,31-34H,17-18H2,1-2H3. The van der Waals surface area contributed by atoms with Gasteiger partial charge in [-0.3, -0.25) is 0 Å². The van der Waals surface area contributed by atoms with Crippen LogP contribution in [0, 0.1) is 0 Å². The van der Waals surface area contributed by atoms with E-state index in [2.05, 4.69) is 0 Å². The van der Waals surface area contributed by atoms with Crippen LogP contribution in [0.3, 0.4) is 0 Å². The summed E-state index contributed by atoms with van der Waals surface area (Å²) in [4.78, 5) is 0. The molecule has 4 aromatic carbocycles. The van der Waals surface area contributed by atoms with E-state index < -0.39 is 14.2 Å². The normalized spacial score (nSPS) is 10.6. The van der Waals surface area contributed by atoms with Gasteiger partial charge in [0.1, 0.15) is 36.2 Å². The highest BCUT2D eigenvalue weighted by molar-refractivity contribution is 6.60. The maximum atomic E-state index is 10.2. The van der Waals surface area contributed by atoms with Crippen molar-refractivity contribution in [3.8, 4) is 34.1 Å². The third-order valence-corrected chi connectivity index (χ3v) is 6.00. The monoisotopic (exact) mass is 514 g/mol. The molecule has 194 valence electrons. The quantitative estimate of drug-likeness (QED) is 0.225. The van der Waals surface area contributed by atoms with Crippen LogP contribution in [0.25, 0.3) is 11.1 Å². The molecule has 0 unspecified atom stereocenters. The molecule has 0 fully saturated rings. The Morgan fingerprint density at radius 1 is 0.526 bits per heavy atom. The van der Waals surface area contributed by atoms with Crippen LogP contribution in [0.1, 0.15) is 11.1 Å². The lowest BCUT2D eigenvalue weighted by molar-refractivity contribution is 0.300. The molecule has 0 aliphatic carbocycles. The summed E-state index contributed by atoms with van der Waals surface area (Å²) in [6.45, 7) is 0.233. The van der Waals surface area contributed by atoms with Gasteiger partial charge in [0.05, 0.1) is 25.3 Å². The minimum absolute atomic E-state index is 0.0859. The summed E-state index contributed by atoms with van der Waals surface area (Å²) in [5, 5.41) is 40.9. The highest BCUT2D eigenvalue weighted by Crippen LogP contribution is 2.47. The van der Waals surface area contributed by atoms with Crippen molar-refractivity contribution in [2.75, 3.05) is 14.2 Å². The van der Waals surface area contributed by atoms with Gasteiger partial charge < -0.3 is 39.0 Å². The van der Waals surface area contributed by atoms with Crippen LogP contribution in [-0.4, -0.2) is 48.6 Å². The van der Waals surface area contributed by atoms with E-state index >= 15 is 0 Å². The number of methoxy groups -OCH3 is 2. The van der Waals surface area contributed by atoms with Crippen LogP contribution in [0.2, 0.25) is 0 Å². The lowest BCUT2D eigenvalue weighted by atomic mass is 9.75. The van der Waals surface area contributed by atoms with E-state index in [0.717, 1.165) is 11.1 Å². The second-order valence-electron chi connectivity index (χ2n) is 8.42. The van der Waals surface area contributed by atoms with Crippen LogP contribution >= 0.6 is 0 Å². The number of hydrogen-bond acceptors (Lipinski definition) is 8. The fraction of sp³-hybridized carbons (Fsp3) is 0.143. The van der Waals surface area contributed by atoms with Crippen molar-refractivity contribution >= 4 is 25.2 Å². The van der Waals surface area contributed by atoms with Gasteiger partial charge in [0.2, 0.25) is 0 Å². The predicted molar refractivity (Wildman–Crippen MR) is 146 cm³/mol. The van der Waals surface area contributed by atoms with Gasteiger partial charge in [-0.1, -0.05) is 72.8 Å². The minimum Gasteiger partial charge on any atom is -0.496 e. The first-order valence-corrected chi connectivity index (χ1v) is 11.9. The predicted octanol–water partition coefficient (Wildman–Crippen LogP) is 1.89. The van der Waals surface area contributed by atoms with E-state index in [-0.39, 0.29) is 35.6 Å². The molecule has 38 heavy (non-hydrogen) atoms. The molecular weight excluding hydrogens is 486 g/mol. The van der Waals surface area contributed by atoms with Gasteiger partial charge in [0.25, 0.3) is 0 Å². The number of hydrogen-bond donors (Lipinski definition) is 4. The van der Waals surface area contributed by atoms with E-state index in [4.69, 9.17) is 18.9 Å². The Morgan fingerprint density at radius 3 is 1.21 bits per heavy atom. The average Bonchev–Trinajstić information content (AvgIpc) is 2.94. The largest absolute Gasteiger partial charge is 0.496 e. The lowest BCUT2D eigenvalue weighted by Gasteiger charge is -2.24. The molecule has 0 spiro atoms. The van der Waals surface area contributed by atoms with Gasteiger partial charge in [0, 0.05) is 10.9 Å². The molecule has 0 aliphatic heterocycles. The molecule has 0 aliphatic rings. The summed E-state index contributed by atoms with van der Waals surface area (Å²) < 4.78 is 23.7. The smallest absolute Gasteiger partial charge is 0.492 e. The molecule has 4 N–H and O–H groups in total. The Hall–Kier alpha value is -3.95. The SMILES string of the molecule is COc1ccc(B(O)O)c(OCc2ccccc2)c1-c1c(OC)ccc(B(O)O)c1OCc1ccccc1. The van der Waals surface area contributed by atoms with E-state index in [1.165, 1.54) is 26.4 Å². The number of rotatable bonds is 11. The van der Waals surface area contributed by atoms with Crippen molar-refractivity contribution in [3.05, 3.63) is 96.1 Å². The zero-order valence-corrected chi connectivity index (χ0v) is 21.1. The van der Waals surface area contributed by atoms with Crippen molar-refractivity contribution in [2.24, 2.45) is 0 Å². The molecule has 0 bridgehead atoms. The van der Waals surface area contributed by atoms with Gasteiger partial charge in [0.15, 0.2) is 0 Å². The first-order valence-electron chi connectivity index (χ1n) is 11.9. The van der Waals surface area contributed by atoms with E-state index in [9.17, 15) is 20.1 Å². The van der Waals surface area contributed by atoms with Crippen molar-refractivity contribution in [1.29, 1.82) is 0 Å². The summed E-state index contributed by atoms with van der Waals surface area (Å²) in [6.07, 6.45) is 0. The fourth-order valence-electron chi connectivity index (χ4n) is 4.15. The molecule has 4 rings (SSSR count). The van der Waals surface area contributed by atoms with Crippen LogP contribution in [0.5, 0.6) is 23.0 Å². The van der Waals surface area contributed by atoms with Crippen LogP contribution in [0.15, 0.2) is 84.9 Å². The van der Waals surface area contributed by atoms with Crippen molar-refractivity contribution < 1.29 is 39.0 Å². The third kappa shape index (κ3) is 5.95. The summed E-state index contributed by atoms with van der Waals surface area (Å²) >= 11 is 0. The molecule has 0 heterocycles. The Morgan fingerprint density at radius 2 is 0.895 bits per heavy atom. The van der Waals surface area contributed by atoms with Gasteiger partial charge in [-0.25, -0.2) is 0 Å². The molecule has 0 atom stereocenters. The Balaban J connectivity index is 1.95. The molecule has 0 saturated carbocycles. The molecule has 0 aromatic heterocycles. The third-order valence-electron chi connectivity index (χ3n) is 6.00. The van der Waals surface area contributed by atoms with Gasteiger partial charge in [-0.2, -0.15) is 0 Å². The molecule has 8 nitrogen and oxygen atoms in total. The topological polar surface area (TPSA) is 118 Å². The Bertz CT molecular complexity index is 1240. The van der Waals surface area contributed by atoms with Crippen LogP contribution in [0.4, 0.5) is 0 Å². The van der Waals surface area contributed by atoms with Gasteiger partial charge in [-0.05, 0) is 23.3 Å². The van der Waals surface area contributed by atoms with E-state index in [1.54, 1.807) is 12.1 Å². The maximum absolute atomic E-state index is 10.2. The lowest BCUT2D eigenvalue weighted by Crippen LogP contribution is -2.33. The molecule has 4 aromatic rings. The van der Waals surface area contributed by atoms with Crippen LogP contribution < -0.4 is 29.9 Å². The van der Waals surface area contributed by atoms with E-state index in [0.29, 0.717) is 22.6 Å². The molecule has 0 radical (unpaired) electrons. The first-order chi connectivity index (χ1) is 18.4. The summed E-state index contributed by atoms with van der Waals surface area (Å²) in [5.74, 6) is 0.890. The summed E-state index contributed by atoms with van der Waals surface area (Å²) in [6, 6.07) is 24.9. The number of benzene rings is 4. The minimum atomic E-state index is -1.86. The maximum Gasteiger partial charge on any atom is 0.492 e. The molecule has 0 amide bonds. The summed E-state index contributed by atoms with van der Waals surface area (Å²) in [7, 11) is -0.791. The second-order valence-corrected chi connectivity index (χ2v) is 8.42. The van der Waals surface area contributed by atoms with Crippen LogP contribution in [-0.2, 0) is 13.2 Å². The van der Waals surface area contributed by atoms with Crippen molar-refractivity contribution in [1.82, 2.24) is 0 Å². The van der Waals surface area contributed by atoms with Gasteiger partial charge in [-0.15, -0.1) is 0 Å².